The predicted octanol–water partition coefficient (Wildman–Crippen LogP) is 6.70. The second-order valence-corrected chi connectivity index (χ2v) is 5.74. The van der Waals surface area contributed by atoms with E-state index in [-0.39, 0.29) is 43.1 Å². The van der Waals surface area contributed by atoms with Crippen molar-refractivity contribution in [3.8, 4) is 5.69 Å². The summed E-state index contributed by atoms with van der Waals surface area (Å²) in [6, 6.07) is -8.52. The van der Waals surface area contributed by atoms with Crippen LogP contribution in [0.4, 0.5) is 0 Å². The number of hydrogen-bond donors (Lipinski definition) is 0. The van der Waals surface area contributed by atoms with Gasteiger partial charge in [0.15, 0.2) is 0 Å². The maximum absolute atomic E-state index is 8.74. The summed E-state index contributed by atoms with van der Waals surface area (Å²) in [5.41, 5.74) is -0.998. The van der Waals surface area contributed by atoms with E-state index in [1.807, 2.05) is 0 Å². The van der Waals surface area contributed by atoms with Gasteiger partial charge in [-0.25, -0.2) is 0 Å². The van der Waals surface area contributed by atoms with E-state index in [9.17, 15) is 0 Å². The van der Waals surface area contributed by atoms with Crippen molar-refractivity contribution < 1.29 is 19.2 Å². The average molecular weight is 386 g/mol. The topological polar surface area (TPSA) is 4.93 Å². The van der Waals surface area contributed by atoms with Crippen LogP contribution in [0.25, 0.3) is 38.3 Å². The maximum Gasteiger partial charge on any atom is 0.0646 e. The van der Waals surface area contributed by atoms with Gasteiger partial charge in [-0.05, 0) is 35.6 Å². The van der Waals surface area contributed by atoms with Crippen LogP contribution in [0.15, 0.2) is 89.1 Å². The fourth-order valence-electron chi connectivity index (χ4n) is 2.68. The summed E-state index contributed by atoms with van der Waals surface area (Å²) in [6.45, 7) is 0. The van der Waals surface area contributed by atoms with Crippen molar-refractivity contribution in [1.82, 2.24) is 4.57 Å². The lowest BCUT2D eigenvalue weighted by molar-refractivity contribution is 1.20. The Bertz CT molecular complexity index is 1840. The van der Waals surface area contributed by atoms with Crippen molar-refractivity contribution in [3.63, 3.8) is 0 Å². The summed E-state index contributed by atoms with van der Waals surface area (Å²) in [5, 5.41) is -1.09. The molecule has 114 valence electrons. The zero-order valence-corrected chi connectivity index (χ0v) is 13.4. The van der Waals surface area contributed by atoms with E-state index in [1.54, 1.807) is 0 Å². The van der Waals surface area contributed by atoms with Crippen LogP contribution in [0.1, 0.15) is 19.2 Å². The van der Waals surface area contributed by atoms with Gasteiger partial charge in [-0.3, -0.25) is 0 Å². The zero-order chi connectivity index (χ0) is 28.3. The molecule has 0 saturated carbocycles. The molecule has 5 aromatic rings. The monoisotopic (exact) mass is 385 g/mol. The molecule has 0 fully saturated rings. The van der Waals surface area contributed by atoms with Crippen LogP contribution in [0, 0.1) is 0 Å². The molecule has 24 heavy (non-hydrogen) atoms. The standard InChI is InChI=1S/C22H14BrN/c23-16-12-13-22-19(14-16)18-9-3-4-10-21(18)24(22)20-11-5-7-15-6-1-2-8-17(15)20/h1-14H/i1D,2D,3D,4D,5D,6D,7D,8D,9D,10D,11D,12D,13D,14D. The molecule has 0 saturated heterocycles. The Morgan fingerprint density at radius 2 is 1.38 bits per heavy atom. The van der Waals surface area contributed by atoms with Crippen molar-refractivity contribution >= 4 is 48.5 Å². The van der Waals surface area contributed by atoms with Crippen molar-refractivity contribution in [3.05, 3.63) is 89.1 Å². The molecule has 0 unspecified atom stereocenters. The van der Waals surface area contributed by atoms with Crippen LogP contribution in [-0.4, -0.2) is 4.57 Å². The highest BCUT2D eigenvalue weighted by Crippen LogP contribution is 2.35. The van der Waals surface area contributed by atoms with Crippen molar-refractivity contribution in [1.29, 1.82) is 0 Å². The highest BCUT2D eigenvalue weighted by molar-refractivity contribution is 9.10. The van der Waals surface area contributed by atoms with Gasteiger partial charge in [0.2, 0.25) is 0 Å². The summed E-state index contributed by atoms with van der Waals surface area (Å²) < 4.78 is 119. The fraction of sp³-hybridized carbons (Fsp3) is 0. The molecule has 1 aromatic heterocycles. The normalized spacial score (nSPS) is 19.7. The van der Waals surface area contributed by atoms with Gasteiger partial charge in [0.05, 0.1) is 35.9 Å². The molecule has 4 aromatic carbocycles. The molecule has 0 aliphatic carbocycles. The van der Waals surface area contributed by atoms with E-state index in [4.69, 9.17) is 19.2 Å². The Hall–Kier alpha value is -2.58. The van der Waals surface area contributed by atoms with Gasteiger partial charge in [0.25, 0.3) is 0 Å². The van der Waals surface area contributed by atoms with Crippen LogP contribution in [-0.2, 0) is 0 Å². The molecular formula is C22H14BrN. The molecule has 0 radical (unpaired) electrons. The van der Waals surface area contributed by atoms with E-state index < -0.39 is 84.2 Å². The molecule has 0 atom stereocenters. The van der Waals surface area contributed by atoms with Crippen LogP contribution in [0.5, 0.6) is 0 Å². The van der Waals surface area contributed by atoms with Crippen LogP contribution >= 0.6 is 15.9 Å². The molecule has 1 heterocycles. The summed E-state index contributed by atoms with van der Waals surface area (Å²) >= 11 is 3.10. The van der Waals surface area contributed by atoms with E-state index in [2.05, 4.69) is 15.9 Å². The van der Waals surface area contributed by atoms with Gasteiger partial charge in [0, 0.05) is 20.6 Å². The van der Waals surface area contributed by atoms with Gasteiger partial charge in [-0.15, -0.1) is 0 Å². The second kappa shape index (κ2) is 5.22. The highest BCUT2D eigenvalue weighted by atomic mass is 79.9. The van der Waals surface area contributed by atoms with Gasteiger partial charge in [0.1, 0.15) is 0 Å². The van der Waals surface area contributed by atoms with Crippen LogP contribution in [0.2, 0.25) is 0 Å². The maximum atomic E-state index is 8.74. The molecule has 0 spiro atoms. The van der Waals surface area contributed by atoms with Crippen molar-refractivity contribution in [2.75, 3.05) is 0 Å². The first-order valence-electron chi connectivity index (χ1n) is 13.9. The number of fused-ring (bicyclic) bond motifs is 4. The molecule has 1 nitrogen and oxygen atoms in total. The lowest BCUT2D eigenvalue weighted by Gasteiger charge is -2.11. The molecule has 0 N–H and O–H groups in total. The molecule has 0 amide bonds. The Morgan fingerprint density at radius 1 is 0.667 bits per heavy atom. The first kappa shape index (κ1) is 5.75. The largest absolute Gasteiger partial charge is 0.309 e. The minimum Gasteiger partial charge on any atom is -0.309 e. The Morgan fingerprint density at radius 3 is 2.29 bits per heavy atom. The second-order valence-electron chi connectivity index (χ2n) is 4.95. The SMILES string of the molecule is [2H]c1c([2H])c([2H])c2c(-n3c4c([2H])c([2H])c([2H])c([2H])c4c4c([2H])c(Br)c([2H])c([2H])c43)c([2H])c([2H])c([2H])c2c1[2H]. The van der Waals surface area contributed by atoms with Crippen LogP contribution in [0.3, 0.4) is 0 Å². The van der Waals surface area contributed by atoms with Crippen molar-refractivity contribution in [2.24, 2.45) is 0 Å². The lowest BCUT2D eigenvalue weighted by atomic mass is 10.1. The predicted molar refractivity (Wildman–Crippen MR) is 106 cm³/mol. The van der Waals surface area contributed by atoms with Gasteiger partial charge >= 0.3 is 0 Å². The number of rotatable bonds is 1. The highest BCUT2D eigenvalue weighted by Gasteiger charge is 2.13. The summed E-state index contributed by atoms with van der Waals surface area (Å²) in [6.07, 6.45) is 0. The fourth-order valence-corrected chi connectivity index (χ4v) is 2.98. The minimum absolute atomic E-state index is 0.109. The van der Waals surface area contributed by atoms with Gasteiger partial charge < -0.3 is 4.57 Å². The number of aromatic nitrogens is 1. The zero-order valence-electron chi connectivity index (χ0n) is 25.8. The lowest BCUT2D eigenvalue weighted by Crippen LogP contribution is -1.94. The van der Waals surface area contributed by atoms with Crippen LogP contribution < -0.4 is 0 Å². The smallest absolute Gasteiger partial charge is 0.0646 e. The summed E-state index contributed by atoms with van der Waals surface area (Å²) in [4.78, 5) is 0. The quantitative estimate of drug-likeness (QED) is 0.302. The van der Waals surface area contributed by atoms with E-state index in [1.165, 1.54) is 0 Å². The van der Waals surface area contributed by atoms with E-state index in [0.29, 0.717) is 0 Å². The number of para-hydroxylation sites is 1. The Kier molecular flexibility index (Phi) is 1.25. The number of benzene rings is 4. The molecule has 0 bridgehead atoms. The Balaban J connectivity index is 2.29. The van der Waals surface area contributed by atoms with Gasteiger partial charge in [-0.2, -0.15) is 0 Å². The number of nitrogens with zero attached hydrogens (tertiary/aromatic N) is 1. The molecule has 5 rings (SSSR count). The molecular weight excluding hydrogens is 358 g/mol. The molecule has 0 aliphatic rings. The third kappa shape index (κ3) is 1.93. The first-order valence-corrected chi connectivity index (χ1v) is 7.65. The number of hydrogen-bond acceptors (Lipinski definition) is 0. The van der Waals surface area contributed by atoms with Gasteiger partial charge in [-0.1, -0.05) is 70.3 Å². The number of halogens is 1. The molecule has 0 aliphatic heterocycles. The first-order chi connectivity index (χ1) is 17.7. The van der Waals surface area contributed by atoms with E-state index >= 15 is 0 Å². The molecule has 2 heteroatoms. The van der Waals surface area contributed by atoms with E-state index in [0.717, 1.165) is 4.57 Å². The average Bonchev–Trinajstić information content (AvgIpc) is 3.24. The summed E-state index contributed by atoms with van der Waals surface area (Å²) in [7, 11) is 0. The third-order valence-corrected chi connectivity index (χ3v) is 4.04. The minimum atomic E-state index is -0.714. The Labute approximate surface area is 167 Å². The summed E-state index contributed by atoms with van der Waals surface area (Å²) in [5.74, 6) is 0. The third-order valence-electron chi connectivity index (χ3n) is 3.64. The van der Waals surface area contributed by atoms with Crippen molar-refractivity contribution in [2.45, 2.75) is 0 Å².